The summed E-state index contributed by atoms with van der Waals surface area (Å²) in [5, 5.41) is 0. The third-order valence-electron chi connectivity index (χ3n) is 3.21. The van der Waals surface area contributed by atoms with Crippen molar-refractivity contribution in [2.45, 2.75) is 20.0 Å². The van der Waals surface area contributed by atoms with Crippen LogP contribution >= 0.6 is 0 Å². The number of hydrogen-bond donors (Lipinski definition) is 1. The Morgan fingerprint density at radius 2 is 2.00 bits per heavy atom. The number of nitrogens with two attached hydrogens (primary N) is 1. The molecule has 0 bridgehead atoms. The third-order valence-corrected chi connectivity index (χ3v) is 3.21. The maximum Gasteiger partial charge on any atom is 0.307 e. The first-order chi connectivity index (χ1) is 9.29. The summed E-state index contributed by atoms with van der Waals surface area (Å²) in [5.41, 5.74) is 9.00. The Labute approximate surface area is 111 Å². The van der Waals surface area contributed by atoms with Crippen molar-refractivity contribution < 1.29 is 4.57 Å². The number of rotatable bonds is 3. The van der Waals surface area contributed by atoms with Crippen LogP contribution in [0.5, 0.6) is 0 Å². The second kappa shape index (κ2) is 4.68. The Bertz CT molecular complexity index is 702. The van der Waals surface area contributed by atoms with E-state index >= 15 is 0 Å². The Morgan fingerprint density at radius 3 is 2.74 bits per heavy atom. The molecule has 0 saturated heterocycles. The Morgan fingerprint density at radius 1 is 1.21 bits per heavy atom. The molecule has 0 fully saturated rings. The van der Waals surface area contributed by atoms with Crippen molar-refractivity contribution in [3.8, 4) is 0 Å². The number of nitrogens with zero attached hydrogens (tertiary/aromatic N) is 4. The zero-order valence-electron chi connectivity index (χ0n) is 10.8. The molecule has 0 atom stereocenters. The molecular weight excluding hydrogens is 238 g/mol. The van der Waals surface area contributed by atoms with Crippen LogP contribution in [-0.4, -0.2) is 14.5 Å². The van der Waals surface area contributed by atoms with Crippen molar-refractivity contribution >= 4 is 17.0 Å². The van der Waals surface area contributed by atoms with Gasteiger partial charge in [0, 0.05) is 0 Å². The molecule has 0 unspecified atom stereocenters. The van der Waals surface area contributed by atoms with Gasteiger partial charge in [0.15, 0.2) is 18.5 Å². The predicted octanol–water partition coefficient (Wildman–Crippen LogP) is 1.37. The highest BCUT2D eigenvalue weighted by Crippen LogP contribution is 2.15. The summed E-state index contributed by atoms with van der Waals surface area (Å²) in [7, 11) is 0. The van der Waals surface area contributed by atoms with Gasteiger partial charge in [0.25, 0.3) is 0 Å². The molecular formula is C14H16N5+. The van der Waals surface area contributed by atoms with E-state index in [4.69, 9.17) is 5.73 Å². The number of nitrogen functional groups attached to an aromatic ring is 1. The van der Waals surface area contributed by atoms with Crippen LogP contribution in [0.2, 0.25) is 0 Å². The highest BCUT2D eigenvalue weighted by molar-refractivity contribution is 5.79. The standard InChI is InChI=1S/C14H16N5/c1-2-18-10-19(8-11-6-4-3-5-7-11)12-13(15)16-9-17-14(12)18/h3-7,9-10H,2,8H2,1H3,(H2,15,16,17)/q+1. The van der Waals surface area contributed by atoms with Crippen molar-refractivity contribution in [1.29, 1.82) is 0 Å². The van der Waals surface area contributed by atoms with Gasteiger partial charge in [-0.25, -0.2) is 4.57 Å². The third kappa shape index (κ3) is 2.03. The molecule has 0 saturated carbocycles. The minimum Gasteiger partial charge on any atom is -0.380 e. The van der Waals surface area contributed by atoms with Crippen LogP contribution in [0, 0.1) is 0 Å². The van der Waals surface area contributed by atoms with E-state index in [1.807, 2.05) is 24.5 Å². The van der Waals surface area contributed by atoms with Gasteiger partial charge < -0.3 is 5.73 Å². The quantitative estimate of drug-likeness (QED) is 0.718. The fraction of sp³-hybridized carbons (Fsp3) is 0.214. The van der Waals surface area contributed by atoms with Crippen LogP contribution in [0.3, 0.4) is 0 Å². The average Bonchev–Trinajstić information content (AvgIpc) is 2.79. The summed E-state index contributed by atoms with van der Waals surface area (Å²) in [6.07, 6.45) is 3.55. The number of benzene rings is 1. The minimum atomic E-state index is 0.521. The molecule has 2 heterocycles. The first kappa shape index (κ1) is 11.6. The van der Waals surface area contributed by atoms with Crippen molar-refractivity contribution in [2.24, 2.45) is 0 Å². The molecule has 0 radical (unpaired) electrons. The van der Waals surface area contributed by atoms with Gasteiger partial charge in [0.1, 0.15) is 0 Å². The van der Waals surface area contributed by atoms with E-state index in [2.05, 4.69) is 38.2 Å². The Balaban J connectivity index is 2.13. The van der Waals surface area contributed by atoms with Crippen LogP contribution in [-0.2, 0) is 13.1 Å². The van der Waals surface area contributed by atoms with E-state index in [1.165, 1.54) is 11.9 Å². The van der Waals surface area contributed by atoms with Crippen molar-refractivity contribution in [1.82, 2.24) is 14.5 Å². The van der Waals surface area contributed by atoms with Gasteiger partial charge >= 0.3 is 5.65 Å². The van der Waals surface area contributed by atoms with Crippen LogP contribution in [0.25, 0.3) is 11.2 Å². The van der Waals surface area contributed by atoms with Gasteiger partial charge in [-0.1, -0.05) is 35.3 Å². The summed E-state index contributed by atoms with van der Waals surface area (Å²) >= 11 is 0. The predicted molar refractivity (Wildman–Crippen MR) is 73.4 cm³/mol. The lowest BCUT2D eigenvalue weighted by molar-refractivity contribution is -0.670. The maximum atomic E-state index is 5.99. The zero-order chi connectivity index (χ0) is 13.2. The van der Waals surface area contributed by atoms with E-state index in [0.717, 1.165) is 24.3 Å². The number of aromatic nitrogens is 4. The molecule has 0 aliphatic heterocycles. The number of fused-ring (bicyclic) bond motifs is 1. The lowest BCUT2D eigenvalue weighted by atomic mass is 10.2. The van der Waals surface area contributed by atoms with E-state index < -0.39 is 0 Å². The van der Waals surface area contributed by atoms with Crippen molar-refractivity contribution in [2.75, 3.05) is 5.73 Å². The summed E-state index contributed by atoms with van der Waals surface area (Å²) in [6, 6.07) is 10.3. The molecule has 96 valence electrons. The molecule has 2 aromatic heterocycles. The molecule has 3 aromatic rings. The van der Waals surface area contributed by atoms with E-state index in [-0.39, 0.29) is 0 Å². The SMILES string of the molecule is CC[n+]1cn(Cc2ccccc2)c2c(N)ncnc21. The van der Waals surface area contributed by atoms with Crippen LogP contribution in [0.4, 0.5) is 5.82 Å². The molecule has 5 heteroatoms. The molecule has 5 nitrogen and oxygen atoms in total. The molecule has 0 amide bonds. The molecule has 0 aliphatic carbocycles. The number of hydrogen-bond acceptors (Lipinski definition) is 3. The maximum absolute atomic E-state index is 5.99. The molecule has 19 heavy (non-hydrogen) atoms. The highest BCUT2D eigenvalue weighted by atomic mass is 15.2. The summed E-state index contributed by atoms with van der Waals surface area (Å²) in [4.78, 5) is 8.42. The van der Waals surface area contributed by atoms with Gasteiger partial charge in [-0.2, -0.15) is 4.98 Å². The summed E-state index contributed by atoms with van der Waals surface area (Å²) in [5.74, 6) is 0.521. The fourth-order valence-electron chi connectivity index (χ4n) is 2.28. The Hall–Kier alpha value is -2.43. The normalized spacial score (nSPS) is 11.0. The largest absolute Gasteiger partial charge is 0.380 e. The summed E-state index contributed by atoms with van der Waals surface area (Å²) < 4.78 is 4.18. The second-order valence-electron chi connectivity index (χ2n) is 4.45. The summed E-state index contributed by atoms with van der Waals surface area (Å²) in [6.45, 7) is 3.71. The monoisotopic (exact) mass is 254 g/mol. The number of aryl methyl sites for hydroxylation is 1. The van der Waals surface area contributed by atoms with Crippen LogP contribution in [0.15, 0.2) is 43.0 Å². The topological polar surface area (TPSA) is 60.6 Å². The van der Waals surface area contributed by atoms with Crippen LogP contribution < -0.4 is 10.3 Å². The molecule has 0 aliphatic rings. The molecule has 0 spiro atoms. The van der Waals surface area contributed by atoms with Crippen LogP contribution in [0.1, 0.15) is 12.5 Å². The van der Waals surface area contributed by atoms with Gasteiger partial charge in [0.05, 0.1) is 13.1 Å². The van der Waals surface area contributed by atoms with Gasteiger partial charge in [0.2, 0.25) is 5.52 Å². The number of imidazole rings is 1. The lowest BCUT2D eigenvalue weighted by Crippen LogP contribution is -2.31. The van der Waals surface area contributed by atoms with Crippen molar-refractivity contribution in [3.63, 3.8) is 0 Å². The van der Waals surface area contributed by atoms with E-state index in [1.54, 1.807) is 0 Å². The first-order valence-corrected chi connectivity index (χ1v) is 6.32. The molecule has 2 N–H and O–H groups in total. The zero-order valence-corrected chi connectivity index (χ0v) is 10.8. The van der Waals surface area contributed by atoms with Gasteiger partial charge in [-0.15, -0.1) is 0 Å². The molecule has 3 rings (SSSR count). The van der Waals surface area contributed by atoms with Gasteiger partial charge in [-0.05, 0) is 12.5 Å². The minimum absolute atomic E-state index is 0.521. The Kier molecular flexibility index (Phi) is 2.87. The van der Waals surface area contributed by atoms with E-state index in [0.29, 0.717) is 5.82 Å². The number of anilines is 1. The highest BCUT2D eigenvalue weighted by Gasteiger charge is 2.18. The molecule has 1 aromatic carbocycles. The van der Waals surface area contributed by atoms with Gasteiger partial charge in [-0.3, -0.25) is 4.57 Å². The first-order valence-electron chi connectivity index (χ1n) is 6.32. The smallest absolute Gasteiger partial charge is 0.307 e. The second-order valence-corrected chi connectivity index (χ2v) is 4.45. The average molecular weight is 254 g/mol. The lowest BCUT2D eigenvalue weighted by Gasteiger charge is -2.00. The fourth-order valence-corrected chi connectivity index (χ4v) is 2.28. The van der Waals surface area contributed by atoms with E-state index in [9.17, 15) is 0 Å². The van der Waals surface area contributed by atoms with Crippen molar-refractivity contribution in [3.05, 3.63) is 48.5 Å².